The van der Waals surface area contributed by atoms with Crippen molar-refractivity contribution < 1.29 is 9.53 Å². The summed E-state index contributed by atoms with van der Waals surface area (Å²) in [6.07, 6.45) is 6.03. The first kappa shape index (κ1) is 15.3. The van der Waals surface area contributed by atoms with Gasteiger partial charge >= 0.3 is 0 Å². The minimum Gasteiger partial charge on any atom is -0.489 e. The van der Waals surface area contributed by atoms with Crippen LogP contribution in [-0.4, -0.2) is 12.0 Å². The van der Waals surface area contributed by atoms with Gasteiger partial charge in [0.05, 0.1) is 11.8 Å². The van der Waals surface area contributed by atoms with Gasteiger partial charge in [-0.3, -0.25) is 4.79 Å². The van der Waals surface area contributed by atoms with Gasteiger partial charge in [0.2, 0.25) is 5.91 Å². The van der Waals surface area contributed by atoms with Crippen LogP contribution in [0.5, 0.6) is 5.75 Å². The number of nitrogens with two attached hydrogens (primary N) is 2. The van der Waals surface area contributed by atoms with Crippen LogP contribution in [0.3, 0.4) is 0 Å². The maximum Gasteiger partial charge on any atom is 0.248 e. The van der Waals surface area contributed by atoms with E-state index in [1.54, 1.807) is 18.2 Å². The van der Waals surface area contributed by atoms with Gasteiger partial charge in [0.1, 0.15) is 5.75 Å². The number of hydrogen-bond acceptors (Lipinski definition) is 3. The molecule has 0 aliphatic rings. The molecule has 19 heavy (non-hydrogen) atoms. The third kappa shape index (κ3) is 5.20. The third-order valence-corrected chi connectivity index (χ3v) is 3.09. The van der Waals surface area contributed by atoms with E-state index in [1.807, 2.05) is 6.92 Å². The highest BCUT2D eigenvalue weighted by Crippen LogP contribution is 2.24. The molecule has 1 unspecified atom stereocenters. The second-order valence-corrected chi connectivity index (χ2v) is 4.89. The number of nitrogen functional groups attached to an aromatic ring is 1. The minimum atomic E-state index is -0.481. The highest BCUT2D eigenvalue weighted by atomic mass is 16.5. The molecule has 0 spiro atoms. The van der Waals surface area contributed by atoms with Crippen LogP contribution < -0.4 is 16.2 Å². The summed E-state index contributed by atoms with van der Waals surface area (Å²) < 4.78 is 5.78. The van der Waals surface area contributed by atoms with E-state index in [0.717, 1.165) is 12.8 Å². The number of ether oxygens (including phenoxy) is 1. The first-order chi connectivity index (χ1) is 9.04. The first-order valence-electron chi connectivity index (χ1n) is 6.90. The Labute approximate surface area is 115 Å². The largest absolute Gasteiger partial charge is 0.489 e. The molecule has 0 aliphatic heterocycles. The molecule has 0 saturated carbocycles. The van der Waals surface area contributed by atoms with E-state index in [1.165, 1.54) is 19.3 Å². The topological polar surface area (TPSA) is 78.3 Å². The molecule has 1 rings (SSSR count). The summed E-state index contributed by atoms with van der Waals surface area (Å²) in [5, 5.41) is 0. The molecule has 0 radical (unpaired) electrons. The average Bonchev–Trinajstić information content (AvgIpc) is 2.37. The van der Waals surface area contributed by atoms with Crippen molar-refractivity contribution in [2.24, 2.45) is 5.73 Å². The Morgan fingerprint density at radius 1 is 1.32 bits per heavy atom. The SMILES string of the molecule is CCCCCCC(C)Oc1ccc(C(N)=O)cc1N. The normalized spacial score (nSPS) is 12.1. The molecule has 0 aliphatic carbocycles. The van der Waals surface area contributed by atoms with Crippen LogP contribution in [0.25, 0.3) is 0 Å². The number of unbranched alkanes of at least 4 members (excludes halogenated alkanes) is 3. The molecular formula is C15H24N2O2. The number of rotatable bonds is 8. The van der Waals surface area contributed by atoms with Crippen LogP contribution in [0.1, 0.15) is 56.3 Å². The maximum absolute atomic E-state index is 11.0. The summed E-state index contributed by atoms with van der Waals surface area (Å²) >= 11 is 0. The molecule has 0 saturated heterocycles. The Kier molecular flexibility index (Phi) is 6.19. The zero-order valence-electron chi connectivity index (χ0n) is 11.8. The Balaban J connectivity index is 2.50. The van der Waals surface area contributed by atoms with Crippen LogP contribution >= 0.6 is 0 Å². The smallest absolute Gasteiger partial charge is 0.248 e. The Hall–Kier alpha value is -1.71. The lowest BCUT2D eigenvalue weighted by Gasteiger charge is -2.16. The van der Waals surface area contributed by atoms with Crippen molar-refractivity contribution in [2.45, 2.75) is 52.1 Å². The highest BCUT2D eigenvalue weighted by molar-refractivity contribution is 5.94. The zero-order valence-corrected chi connectivity index (χ0v) is 11.8. The molecule has 4 nitrogen and oxygen atoms in total. The lowest BCUT2D eigenvalue weighted by atomic mass is 10.1. The summed E-state index contributed by atoms with van der Waals surface area (Å²) in [7, 11) is 0. The third-order valence-electron chi connectivity index (χ3n) is 3.09. The van der Waals surface area contributed by atoms with Crippen molar-refractivity contribution in [2.75, 3.05) is 5.73 Å². The van der Waals surface area contributed by atoms with Gasteiger partial charge in [-0.05, 0) is 38.0 Å². The molecule has 4 heteroatoms. The molecule has 1 aromatic carbocycles. The second kappa shape index (κ2) is 7.67. The number of primary amides is 1. The molecule has 0 aromatic heterocycles. The fourth-order valence-electron chi connectivity index (χ4n) is 1.94. The highest BCUT2D eigenvalue weighted by Gasteiger charge is 2.09. The summed E-state index contributed by atoms with van der Waals surface area (Å²) in [5.41, 5.74) is 11.9. The van der Waals surface area contributed by atoms with E-state index >= 15 is 0 Å². The monoisotopic (exact) mass is 264 g/mol. The Morgan fingerprint density at radius 3 is 2.63 bits per heavy atom. The summed E-state index contributed by atoms with van der Waals surface area (Å²) in [5.74, 6) is 0.138. The van der Waals surface area contributed by atoms with E-state index in [9.17, 15) is 4.79 Å². The van der Waals surface area contributed by atoms with E-state index in [2.05, 4.69) is 6.92 Å². The Morgan fingerprint density at radius 2 is 2.05 bits per heavy atom. The number of carbonyl (C=O) groups excluding carboxylic acids is 1. The van der Waals surface area contributed by atoms with Crippen molar-refractivity contribution >= 4 is 11.6 Å². The summed E-state index contributed by atoms with van der Waals surface area (Å²) in [6.45, 7) is 4.23. The summed E-state index contributed by atoms with van der Waals surface area (Å²) in [4.78, 5) is 11.0. The average molecular weight is 264 g/mol. The lowest BCUT2D eigenvalue weighted by Crippen LogP contribution is -2.14. The van der Waals surface area contributed by atoms with Gasteiger partial charge < -0.3 is 16.2 Å². The first-order valence-corrected chi connectivity index (χ1v) is 6.90. The standard InChI is InChI=1S/C15H24N2O2/c1-3-4-5-6-7-11(2)19-14-9-8-12(15(17)18)10-13(14)16/h8-11H,3-7,16H2,1-2H3,(H2,17,18). The minimum absolute atomic E-state index is 0.124. The quantitative estimate of drug-likeness (QED) is 0.559. The lowest BCUT2D eigenvalue weighted by molar-refractivity contribution is 0.100. The fraction of sp³-hybridized carbons (Fsp3) is 0.533. The van der Waals surface area contributed by atoms with Gasteiger partial charge in [0.15, 0.2) is 0 Å². The van der Waals surface area contributed by atoms with Gasteiger partial charge in [0, 0.05) is 5.56 Å². The molecule has 106 valence electrons. The Bertz CT molecular complexity index is 419. The molecule has 0 heterocycles. The fourth-order valence-corrected chi connectivity index (χ4v) is 1.94. The van der Waals surface area contributed by atoms with Crippen molar-refractivity contribution in [3.63, 3.8) is 0 Å². The number of amides is 1. The number of hydrogen-bond donors (Lipinski definition) is 2. The molecule has 1 atom stereocenters. The van der Waals surface area contributed by atoms with Crippen molar-refractivity contribution in [1.29, 1.82) is 0 Å². The van der Waals surface area contributed by atoms with E-state index in [4.69, 9.17) is 16.2 Å². The maximum atomic E-state index is 11.0. The van der Waals surface area contributed by atoms with Crippen molar-refractivity contribution in [3.05, 3.63) is 23.8 Å². The zero-order chi connectivity index (χ0) is 14.3. The van der Waals surface area contributed by atoms with Crippen molar-refractivity contribution in [3.8, 4) is 5.75 Å². The van der Waals surface area contributed by atoms with Gasteiger partial charge in [-0.15, -0.1) is 0 Å². The van der Waals surface area contributed by atoms with Gasteiger partial charge in [-0.25, -0.2) is 0 Å². The van der Waals surface area contributed by atoms with Gasteiger partial charge in [0.25, 0.3) is 0 Å². The molecular weight excluding hydrogens is 240 g/mol. The van der Waals surface area contributed by atoms with Crippen LogP contribution in [0.2, 0.25) is 0 Å². The van der Waals surface area contributed by atoms with E-state index in [-0.39, 0.29) is 6.10 Å². The number of carbonyl (C=O) groups is 1. The molecule has 1 amide bonds. The predicted octanol–water partition coefficient (Wildman–Crippen LogP) is 3.11. The summed E-state index contributed by atoms with van der Waals surface area (Å²) in [6, 6.07) is 4.90. The van der Waals surface area contributed by atoms with Gasteiger partial charge in [-0.1, -0.05) is 26.2 Å². The molecule has 0 fully saturated rings. The number of anilines is 1. The van der Waals surface area contributed by atoms with E-state index < -0.39 is 5.91 Å². The molecule has 4 N–H and O–H groups in total. The predicted molar refractivity (Wildman–Crippen MR) is 78.2 cm³/mol. The number of benzene rings is 1. The van der Waals surface area contributed by atoms with Crippen LogP contribution in [0, 0.1) is 0 Å². The van der Waals surface area contributed by atoms with Crippen molar-refractivity contribution in [1.82, 2.24) is 0 Å². The molecule has 1 aromatic rings. The van der Waals surface area contributed by atoms with E-state index in [0.29, 0.717) is 17.0 Å². The van der Waals surface area contributed by atoms with Gasteiger partial charge in [-0.2, -0.15) is 0 Å². The molecule has 0 bridgehead atoms. The van der Waals surface area contributed by atoms with Crippen LogP contribution in [0.4, 0.5) is 5.69 Å². The van der Waals surface area contributed by atoms with Crippen LogP contribution in [-0.2, 0) is 0 Å². The second-order valence-electron chi connectivity index (χ2n) is 4.89. The van der Waals surface area contributed by atoms with Crippen LogP contribution in [0.15, 0.2) is 18.2 Å².